The van der Waals surface area contributed by atoms with Crippen LogP contribution in [0.1, 0.15) is 19.3 Å². The molecule has 1 aliphatic rings. The zero-order valence-electron chi connectivity index (χ0n) is 10.1. The molecule has 0 aromatic heterocycles. The zero-order chi connectivity index (χ0) is 14.0. The highest BCUT2D eigenvalue weighted by molar-refractivity contribution is 9.10. The summed E-state index contributed by atoms with van der Waals surface area (Å²) in [6.45, 7) is 0. The Balaban J connectivity index is 2.23. The highest BCUT2D eigenvalue weighted by atomic mass is 79.9. The van der Waals surface area contributed by atoms with Crippen LogP contribution in [0.5, 0.6) is 0 Å². The summed E-state index contributed by atoms with van der Waals surface area (Å²) in [5.74, 6) is 0.351. The molecule has 0 spiro atoms. The van der Waals surface area contributed by atoms with Gasteiger partial charge in [-0.25, -0.2) is 13.1 Å². The Labute approximate surface area is 135 Å². The molecule has 1 aromatic rings. The third-order valence-electron chi connectivity index (χ3n) is 3.35. The van der Waals surface area contributed by atoms with Gasteiger partial charge in [-0.05, 0) is 37.0 Å². The van der Waals surface area contributed by atoms with Gasteiger partial charge in [-0.3, -0.25) is 0 Å². The smallest absolute Gasteiger partial charge is 0.208 e. The molecule has 1 N–H and O–H groups in total. The molecule has 0 radical (unpaired) electrons. The average molecular weight is 432 g/mol. The van der Waals surface area contributed by atoms with Gasteiger partial charge in [0.15, 0.2) is 0 Å². The van der Waals surface area contributed by atoms with Gasteiger partial charge in [0.1, 0.15) is 4.90 Å². The zero-order valence-corrected chi connectivity index (χ0v) is 14.8. The minimum atomic E-state index is -3.56. The molecular weight excluding hydrogens is 417 g/mol. The summed E-state index contributed by atoms with van der Waals surface area (Å²) in [4.78, 5) is 0.137. The van der Waals surface area contributed by atoms with E-state index in [9.17, 15) is 8.42 Å². The Bertz CT molecular complexity index is 565. The van der Waals surface area contributed by atoms with E-state index in [4.69, 9.17) is 11.6 Å². The van der Waals surface area contributed by atoms with Crippen molar-refractivity contribution in [2.75, 3.05) is 5.33 Å². The van der Waals surface area contributed by atoms with Gasteiger partial charge in [-0.15, -0.1) is 0 Å². The Hall–Kier alpha value is 0.380. The van der Waals surface area contributed by atoms with E-state index in [0.717, 1.165) is 29.1 Å². The fraction of sp³-hybridized carbons (Fsp3) is 0.500. The second kappa shape index (κ2) is 6.43. The van der Waals surface area contributed by atoms with E-state index in [1.165, 1.54) is 6.07 Å². The van der Waals surface area contributed by atoms with Gasteiger partial charge < -0.3 is 0 Å². The molecule has 1 saturated carbocycles. The summed E-state index contributed by atoms with van der Waals surface area (Å²) < 4.78 is 28.2. The molecule has 106 valence electrons. The van der Waals surface area contributed by atoms with E-state index in [1.807, 2.05) is 0 Å². The average Bonchev–Trinajstić information content (AvgIpc) is 2.74. The second-order valence-electron chi connectivity index (χ2n) is 4.65. The molecule has 1 aliphatic carbocycles. The van der Waals surface area contributed by atoms with Crippen LogP contribution in [0, 0.1) is 5.92 Å². The molecule has 2 unspecified atom stereocenters. The van der Waals surface area contributed by atoms with Crippen molar-refractivity contribution < 1.29 is 8.42 Å². The Morgan fingerprint density at radius 1 is 1.37 bits per heavy atom. The van der Waals surface area contributed by atoms with E-state index < -0.39 is 10.0 Å². The van der Waals surface area contributed by atoms with Crippen LogP contribution in [-0.4, -0.2) is 19.8 Å². The Morgan fingerprint density at radius 3 is 2.74 bits per heavy atom. The van der Waals surface area contributed by atoms with Crippen LogP contribution in [0.4, 0.5) is 0 Å². The minimum absolute atomic E-state index is 0.0101. The number of hydrogen-bond donors (Lipinski definition) is 1. The molecule has 0 amide bonds. The summed E-state index contributed by atoms with van der Waals surface area (Å²) in [6.07, 6.45) is 2.98. The third kappa shape index (κ3) is 3.73. The van der Waals surface area contributed by atoms with Gasteiger partial charge in [0.25, 0.3) is 0 Å². The van der Waals surface area contributed by atoms with E-state index in [1.54, 1.807) is 12.1 Å². The van der Waals surface area contributed by atoms with Crippen LogP contribution in [0.2, 0.25) is 5.02 Å². The van der Waals surface area contributed by atoms with E-state index in [-0.39, 0.29) is 16.0 Å². The number of alkyl halides is 1. The number of sulfonamides is 1. The maximum Gasteiger partial charge on any atom is 0.242 e. The molecule has 2 atom stereocenters. The number of hydrogen-bond acceptors (Lipinski definition) is 2. The first-order valence-corrected chi connectivity index (χ1v) is 9.75. The first kappa shape index (κ1) is 15.8. The molecule has 0 saturated heterocycles. The van der Waals surface area contributed by atoms with Crippen LogP contribution in [0.15, 0.2) is 27.6 Å². The maximum atomic E-state index is 12.4. The minimum Gasteiger partial charge on any atom is -0.208 e. The van der Waals surface area contributed by atoms with Crippen LogP contribution in [0.3, 0.4) is 0 Å². The number of halogens is 3. The van der Waals surface area contributed by atoms with Crippen molar-refractivity contribution in [1.82, 2.24) is 4.72 Å². The highest BCUT2D eigenvalue weighted by Crippen LogP contribution is 2.30. The van der Waals surface area contributed by atoms with Gasteiger partial charge in [-0.2, -0.15) is 0 Å². The summed E-state index contributed by atoms with van der Waals surface area (Å²) in [5.41, 5.74) is 0. The molecule has 0 bridgehead atoms. The summed E-state index contributed by atoms with van der Waals surface area (Å²) in [7, 11) is -3.56. The monoisotopic (exact) mass is 429 g/mol. The van der Waals surface area contributed by atoms with Crippen molar-refractivity contribution in [3.8, 4) is 0 Å². The molecule has 7 heteroatoms. The maximum absolute atomic E-state index is 12.4. The molecule has 0 heterocycles. The van der Waals surface area contributed by atoms with E-state index in [0.29, 0.717) is 5.92 Å². The van der Waals surface area contributed by atoms with Crippen molar-refractivity contribution in [2.45, 2.75) is 30.2 Å². The van der Waals surface area contributed by atoms with Crippen molar-refractivity contribution >= 4 is 53.5 Å². The van der Waals surface area contributed by atoms with Crippen molar-refractivity contribution in [1.29, 1.82) is 0 Å². The van der Waals surface area contributed by atoms with Gasteiger partial charge in [0.05, 0.1) is 5.02 Å². The lowest BCUT2D eigenvalue weighted by atomic mass is 10.1. The first-order chi connectivity index (χ1) is 8.94. The first-order valence-electron chi connectivity index (χ1n) is 5.97. The number of benzene rings is 1. The second-order valence-corrected chi connectivity index (χ2v) is 8.30. The molecule has 19 heavy (non-hydrogen) atoms. The normalized spacial score (nSPS) is 23.7. The fourth-order valence-corrected chi connectivity index (χ4v) is 5.48. The quantitative estimate of drug-likeness (QED) is 0.734. The summed E-state index contributed by atoms with van der Waals surface area (Å²) >= 11 is 12.7. The van der Waals surface area contributed by atoms with Gasteiger partial charge in [0, 0.05) is 15.8 Å². The molecule has 1 fully saturated rings. The largest absolute Gasteiger partial charge is 0.242 e. The molecule has 3 nitrogen and oxygen atoms in total. The van der Waals surface area contributed by atoms with Crippen LogP contribution in [-0.2, 0) is 10.0 Å². The Kier molecular flexibility index (Phi) is 5.34. The van der Waals surface area contributed by atoms with Crippen LogP contribution >= 0.6 is 43.5 Å². The van der Waals surface area contributed by atoms with Gasteiger partial charge in [-0.1, -0.05) is 49.9 Å². The predicted molar refractivity (Wildman–Crippen MR) is 84.4 cm³/mol. The topological polar surface area (TPSA) is 46.2 Å². The summed E-state index contributed by atoms with van der Waals surface area (Å²) in [6, 6.07) is 4.78. The third-order valence-corrected chi connectivity index (χ3v) is 6.64. The summed E-state index contributed by atoms with van der Waals surface area (Å²) in [5, 5.41) is 1.05. The lowest BCUT2D eigenvalue weighted by Crippen LogP contribution is -2.37. The molecule has 1 aromatic carbocycles. The highest BCUT2D eigenvalue weighted by Gasteiger charge is 2.31. The lowest BCUT2D eigenvalue weighted by Gasteiger charge is -2.19. The fourth-order valence-electron chi connectivity index (χ4n) is 2.33. The van der Waals surface area contributed by atoms with Crippen molar-refractivity contribution in [3.63, 3.8) is 0 Å². The van der Waals surface area contributed by atoms with Crippen molar-refractivity contribution in [3.05, 3.63) is 27.7 Å². The Morgan fingerprint density at radius 2 is 2.11 bits per heavy atom. The van der Waals surface area contributed by atoms with Gasteiger partial charge >= 0.3 is 0 Å². The predicted octanol–water partition coefficient (Wildman–Crippen LogP) is 3.94. The molecule has 2 rings (SSSR count). The SMILES string of the molecule is O=S(=O)(NC1CCCC1CBr)c1ccc(Br)cc1Cl. The molecular formula is C12H14Br2ClNO2S. The van der Waals surface area contributed by atoms with Crippen molar-refractivity contribution in [2.24, 2.45) is 5.92 Å². The number of nitrogens with one attached hydrogen (secondary N) is 1. The molecule has 0 aliphatic heterocycles. The van der Waals surface area contributed by atoms with Gasteiger partial charge in [0.2, 0.25) is 10.0 Å². The van der Waals surface area contributed by atoms with E-state index in [2.05, 4.69) is 36.6 Å². The van der Waals surface area contributed by atoms with E-state index >= 15 is 0 Å². The number of rotatable bonds is 4. The van der Waals surface area contributed by atoms with Crippen LogP contribution in [0.25, 0.3) is 0 Å². The lowest BCUT2D eigenvalue weighted by molar-refractivity contribution is 0.484. The van der Waals surface area contributed by atoms with Crippen LogP contribution < -0.4 is 4.72 Å². The standard InChI is InChI=1S/C12H14Br2ClNO2S/c13-7-8-2-1-3-11(8)16-19(17,18)12-5-4-9(14)6-10(12)15/h4-6,8,11,16H,1-3,7H2.